The quantitative estimate of drug-likeness (QED) is 0.855. The Morgan fingerprint density at radius 1 is 1.21 bits per heavy atom. The normalized spacial score (nSPS) is 21.9. The van der Waals surface area contributed by atoms with Crippen LogP contribution in [0.5, 0.6) is 0 Å². The second-order valence-corrected chi connectivity index (χ2v) is 7.75. The molecule has 4 nitrogen and oxygen atoms in total. The van der Waals surface area contributed by atoms with Gasteiger partial charge in [0.25, 0.3) is 5.91 Å². The second-order valence-electron chi connectivity index (χ2n) is 7.75. The van der Waals surface area contributed by atoms with Crippen LogP contribution in [0.25, 0.3) is 0 Å². The molecule has 0 aromatic heterocycles. The fourth-order valence-corrected chi connectivity index (χ4v) is 3.46. The summed E-state index contributed by atoms with van der Waals surface area (Å²) in [5.74, 6) is 1.43. The van der Waals surface area contributed by atoms with Crippen molar-refractivity contribution in [1.29, 1.82) is 0 Å². The average molecular weight is 354 g/mol. The maximum absolute atomic E-state index is 12.3. The van der Waals surface area contributed by atoms with Crippen LogP contribution >= 0.6 is 12.4 Å². The molecule has 136 valence electrons. The maximum Gasteiger partial charge on any atom is 0.251 e. The van der Waals surface area contributed by atoms with Crippen molar-refractivity contribution >= 4 is 18.3 Å². The van der Waals surface area contributed by atoms with Gasteiger partial charge in [-0.15, -0.1) is 12.4 Å². The highest BCUT2D eigenvalue weighted by atomic mass is 35.5. The molecule has 1 saturated heterocycles. The van der Waals surface area contributed by atoms with Crippen molar-refractivity contribution < 1.29 is 4.79 Å². The number of piperidine rings is 1. The number of likely N-dealkylation sites (tertiary alicyclic amines) is 1. The van der Waals surface area contributed by atoms with E-state index in [4.69, 9.17) is 5.73 Å². The molecule has 1 heterocycles. The van der Waals surface area contributed by atoms with Crippen LogP contribution in [0.3, 0.4) is 0 Å². The molecule has 24 heavy (non-hydrogen) atoms. The van der Waals surface area contributed by atoms with Crippen LogP contribution in [0.2, 0.25) is 0 Å². The van der Waals surface area contributed by atoms with Gasteiger partial charge in [-0.05, 0) is 49.8 Å². The van der Waals surface area contributed by atoms with E-state index in [-0.39, 0.29) is 23.9 Å². The summed E-state index contributed by atoms with van der Waals surface area (Å²) >= 11 is 0. The molecule has 0 aliphatic carbocycles. The lowest BCUT2D eigenvalue weighted by atomic mass is 9.88. The minimum absolute atomic E-state index is 0. The van der Waals surface area contributed by atoms with Crippen molar-refractivity contribution in [2.75, 3.05) is 19.6 Å². The minimum atomic E-state index is -0.0319. The van der Waals surface area contributed by atoms with Crippen molar-refractivity contribution in [3.63, 3.8) is 0 Å². The molecule has 2 rings (SSSR count). The second kappa shape index (κ2) is 8.84. The Balaban J connectivity index is 0.00000288. The summed E-state index contributed by atoms with van der Waals surface area (Å²) in [6.07, 6.45) is 1.30. The van der Waals surface area contributed by atoms with Gasteiger partial charge in [-0.3, -0.25) is 9.69 Å². The van der Waals surface area contributed by atoms with Gasteiger partial charge in [0, 0.05) is 37.3 Å². The van der Waals surface area contributed by atoms with Crippen molar-refractivity contribution in [1.82, 2.24) is 10.2 Å². The number of rotatable bonds is 5. The molecular weight excluding hydrogens is 322 g/mol. The van der Waals surface area contributed by atoms with Gasteiger partial charge < -0.3 is 11.1 Å². The SMILES string of the molecule is CC1CC(C)CN(C(C)(C)CNC(=O)c2ccc(CN)cc2)C1.Cl. The van der Waals surface area contributed by atoms with Gasteiger partial charge in [0.05, 0.1) is 0 Å². The van der Waals surface area contributed by atoms with Crippen molar-refractivity contribution in [2.24, 2.45) is 17.6 Å². The first-order valence-electron chi connectivity index (χ1n) is 8.64. The first kappa shape index (κ1) is 20.9. The summed E-state index contributed by atoms with van der Waals surface area (Å²) in [5.41, 5.74) is 7.29. The van der Waals surface area contributed by atoms with Gasteiger partial charge in [-0.25, -0.2) is 0 Å². The Kier molecular flexibility index (Phi) is 7.71. The molecule has 1 aromatic rings. The number of carbonyl (C=O) groups is 1. The fraction of sp³-hybridized carbons (Fsp3) is 0.632. The zero-order valence-corrected chi connectivity index (χ0v) is 16.2. The lowest BCUT2D eigenvalue weighted by molar-refractivity contribution is 0.0445. The highest BCUT2D eigenvalue weighted by Crippen LogP contribution is 2.26. The van der Waals surface area contributed by atoms with Gasteiger partial charge >= 0.3 is 0 Å². The summed E-state index contributed by atoms with van der Waals surface area (Å²) in [7, 11) is 0. The number of carbonyl (C=O) groups excluding carboxylic acids is 1. The molecule has 1 amide bonds. The van der Waals surface area contributed by atoms with Crippen LogP contribution in [0.15, 0.2) is 24.3 Å². The van der Waals surface area contributed by atoms with E-state index in [1.54, 1.807) is 0 Å². The topological polar surface area (TPSA) is 58.4 Å². The zero-order chi connectivity index (χ0) is 17.0. The Morgan fingerprint density at radius 2 is 1.75 bits per heavy atom. The molecule has 1 aliphatic heterocycles. The summed E-state index contributed by atoms with van der Waals surface area (Å²) in [6, 6.07) is 7.51. The third-order valence-corrected chi connectivity index (χ3v) is 4.86. The largest absolute Gasteiger partial charge is 0.350 e. The number of amides is 1. The van der Waals surface area contributed by atoms with Gasteiger partial charge in [0.15, 0.2) is 0 Å². The number of halogens is 1. The van der Waals surface area contributed by atoms with E-state index >= 15 is 0 Å². The van der Waals surface area contributed by atoms with E-state index in [1.807, 2.05) is 24.3 Å². The van der Waals surface area contributed by atoms with Crippen molar-refractivity contribution in [2.45, 2.75) is 46.2 Å². The van der Waals surface area contributed by atoms with Crippen molar-refractivity contribution in [3.05, 3.63) is 35.4 Å². The molecule has 1 fully saturated rings. The lowest BCUT2D eigenvalue weighted by Crippen LogP contribution is -2.56. The Morgan fingerprint density at radius 3 is 2.25 bits per heavy atom. The predicted octanol–water partition coefficient (Wildman–Crippen LogP) is 3.05. The maximum atomic E-state index is 12.3. The van der Waals surface area contributed by atoms with Crippen LogP contribution < -0.4 is 11.1 Å². The summed E-state index contributed by atoms with van der Waals surface area (Å²) in [5, 5.41) is 3.09. The van der Waals surface area contributed by atoms with Crippen LogP contribution in [-0.2, 0) is 6.54 Å². The van der Waals surface area contributed by atoms with E-state index in [9.17, 15) is 4.79 Å². The number of nitrogens with two attached hydrogens (primary N) is 1. The van der Waals surface area contributed by atoms with Crippen LogP contribution in [0, 0.1) is 11.8 Å². The van der Waals surface area contributed by atoms with E-state index in [2.05, 4.69) is 37.9 Å². The number of hydrogen-bond acceptors (Lipinski definition) is 3. The fourth-order valence-electron chi connectivity index (χ4n) is 3.46. The molecule has 0 bridgehead atoms. The standard InChI is InChI=1S/C19H31N3O.ClH/c1-14-9-15(2)12-22(11-14)19(3,4)13-21-18(23)17-7-5-16(10-20)6-8-17;/h5-8,14-15H,9-13,20H2,1-4H3,(H,21,23);1H. The third kappa shape index (κ3) is 5.47. The summed E-state index contributed by atoms with van der Waals surface area (Å²) in [6.45, 7) is 12.4. The first-order chi connectivity index (χ1) is 10.8. The summed E-state index contributed by atoms with van der Waals surface area (Å²) in [4.78, 5) is 14.9. The number of nitrogens with zero attached hydrogens (tertiary/aromatic N) is 1. The average Bonchev–Trinajstić information content (AvgIpc) is 2.52. The number of nitrogens with one attached hydrogen (secondary N) is 1. The Bertz CT molecular complexity index is 520. The van der Waals surface area contributed by atoms with Crippen LogP contribution in [0.4, 0.5) is 0 Å². The van der Waals surface area contributed by atoms with Crippen LogP contribution in [0.1, 0.15) is 50.0 Å². The molecular formula is C19H32ClN3O. The van der Waals surface area contributed by atoms with Crippen molar-refractivity contribution in [3.8, 4) is 0 Å². The zero-order valence-electron chi connectivity index (χ0n) is 15.3. The van der Waals surface area contributed by atoms with E-state index in [0.717, 1.165) is 30.5 Å². The van der Waals surface area contributed by atoms with E-state index < -0.39 is 0 Å². The molecule has 1 aliphatic rings. The number of hydrogen-bond donors (Lipinski definition) is 2. The smallest absolute Gasteiger partial charge is 0.251 e. The Hall–Kier alpha value is -1.10. The highest BCUT2D eigenvalue weighted by Gasteiger charge is 2.32. The van der Waals surface area contributed by atoms with Gasteiger partial charge in [-0.1, -0.05) is 26.0 Å². The van der Waals surface area contributed by atoms with Gasteiger partial charge in [0.2, 0.25) is 0 Å². The first-order valence-corrected chi connectivity index (χ1v) is 8.64. The molecule has 0 spiro atoms. The molecule has 3 N–H and O–H groups in total. The molecule has 0 radical (unpaired) electrons. The van der Waals surface area contributed by atoms with E-state index in [1.165, 1.54) is 6.42 Å². The monoisotopic (exact) mass is 353 g/mol. The predicted molar refractivity (Wildman–Crippen MR) is 103 cm³/mol. The molecule has 1 aromatic carbocycles. The highest BCUT2D eigenvalue weighted by molar-refractivity contribution is 5.94. The minimum Gasteiger partial charge on any atom is -0.350 e. The van der Waals surface area contributed by atoms with Crippen LogP contribution in [-0.4, -0.2) is 36.0 Å². The van der Waals surface area contributed by atoms with Gasteiger partial charge in [-0.2, -0.15) is 0 Å². The molecule has 2 atom stereocenters. The van der Waals surface area contributed by atoms with Gasteiger partial charge in [0.1, 0.15) is 0 Å². The van der Waals surface area contributed by atoms with E-state index in [0.29, 0.717) is 18.7 Å². The lowest BCUT2D eigenvalue weighted by Gasteiger charge is -2.45. The summed E-state index contributed by atoms with van der Waals surface area (Å²) < 4.78 is 0. The number of benzene rings is 1. The molecule has 0 saturated carbocycles. The molecule has 5 heteroatoms. The Labute approximate surface area is 152 Å². The molecule has 2 unspecified atom stereocenters. The third-order valence-electron chi connectivity index (χ3n) is 4.86.